The Bertz CT molecular complexity index is 767. The van der Waals surface area contributed by atoms with Gasteiger partial charge in [-0.15, -0.1) is 0 Å². The predicted octanol–water partition coefficient (Wildman–Crippen LogP) is 3.68. The lowest BCUT2D eigenvalue weighted by molar-refractivity contribution is 0.0602. The zero-order chi connectivity index (χ0) is 17.5. The number of ether oxygens (including phenoxy) is 2. The minimum atomic E-state index is -0.510. The van der Waals surface area contributed by atoms with Crippen molar-refractivity contribution in [2.45, 2.75) is 6.92 Å². The Morgan fingerprint density at radius 1 is 1.12 bits per heavy atom. The number of benzene rings is 2. The van der Waals surface area contributed by atoms with Crippen LogP contribution in [0.15, 0.2) is 60.7 Å². The van der Waals surface area contributed by atoms with Crippen LogP contribution in [0, 0.1) is 0 Å². The zero-order valence-corrected chi connectivity index (χ0v) is 13.7. The number of para-hydroxylation sites is 1. The van der Waals surface area contributed by atoms with Gasteiger partial charge in [0.25, 0.3) is 5.91 Å². The van der Waals surface area contributed by atoms with Crippen LogP contribution in [0.1, 0.15) is 27.6 Å². The molecule has 0 heterocycles. The summed E-state index contributed by atoms with van der Waals surface area (Å²) in [5.41, 5.74) is 2.00. The van der Waals surface area contributed by atoms with Crippen LogP contribution in [0.25, 0.3) is 0 Å². The van der Waals surface area contributed by atoms with E-state index in [1.807, 2.05) is 6.92 Å². The van der Waals surface area contributed by atoms with Crippen molar-refractivity contribution in [1.29, 1.82) is 0 Å². The lowest BCUT2D eigenvalue weighted by atomic mass is 10.1. The van der Waals surface area contributed by atoms with Gasteiger partial charge in [0.15, 0.2) is 0 Å². The Hall–Kier alpha value is -3.08. The van der Waals surface area contributed by atoms with Gasteiger partial charge in [0.05, 0.1) is 18.4 Å². The van der Waals surface area contributed by atoms with Crippen molar-refractivity contribution >= 4 is 17.6 Å². The zero-order valence-electron chi connectivity index (χ0n) is 13.7. The van der Waals surface area contributed by atoms with Crippen LogP contribution in [-0.2, 0) is 4.74 Å². The number of hydrogen-bond acceptors (Lipinski definition) is 4. The highest BCUT2D eigenvalue weighted by atomic mass is 16.5. The number of nitrogens with one attached hydrogen (secondary N) is 1. The van der Waals surface area contributed by atoms with Gasteiger partial charge in [-0.25, -0.2) is 4.79 Å². The van der Waals surface area contributed by atoms with Crippen LogP contribution in [0.3, 0.4) is 0 Å². The molecule has 0 atom stereocenters. The number of amides is 1. The number of esters is 1. The number of hydrogen-bond donors (Lipinski definition) is 1. The summed E-state index contributed by atoms with van der Waals surface area (Å²) in [5, 5.41) is 2.72. The Labute approximate surface area is 140 Å². The fraction of sp³-hybridized carbons (Fsp3) is 0.158. The highest BCUT2D eigenvalue weighted by molar-refractivity contribution is 6.08. The molecule has 0 aliphatic rings. The molecule has 0 aromatic heterocycles. The first-order chi connectivity index (χ1) is 11.5. The fourth-order valence-corrected chi connectivity index (χ4v) is 2.01. The summed E-state index contributed by atoms with van der Waals surface area (Å²) in [6.45, 7) is 6.02. The number of carbonyl (C=O) groups excluding carboxylic acids is 2. The molecule has 0 spiro atoms. The quantitative estimate of drug-likeness (QED) is 0.650. The molecule has 2 rings (SSSR count). The van der Waals surface area contributed by atoms with E-state index in [0.29, 0.717) is 29.2 Å². The highest BCUT2D eigenvalue weighted by Crippen LogP contribution is 2.19. The van der Waals surface area contributed by atoms with Crippen LogP contribution in [0.5, 0.6) is 5.75 Å². The van der Waals surface area contributed by atoms with Gasteiger partial charge in [-0.3, -0.25) is 4.79 Å². The average Bonchev–Trinajstić information content (AvgIpc) is 2.60. The summed E-state index contributed by atoms with van der Waals surface area (Å²) in [6.07, 6.45) is 0. The van der Waals surface area contributed by atoms with E-state index in [0.717, 1.165) is 5.57 Å². The maximum atomic E-state index is 12.4. The van der Waals surface area contributed by atoms with Gasteiger partial charge in [-0.1, -0.05) is 24.8 Å². The third kappa shape index (κ3) is 4.46. The van der Waals surface area contributed by atoms with E-state index in [9.17, 15) is 9.59 Å². The van der Waals surface area contributed by atoms with E-state index >= 15 is 0 Å². The van der Waals surface area contributed by atoms with Crippen molar-refractivity contribution in [1.82, 2.24) is 0 Å². The summed E-state index contributed by atoms with van der Waals surface area (Å²) in [4.78, 5) is 24.2. The maximum Gasteiger partial charge on any atom is 0.339 e. The first kappa shape index (κ1) is 17.3. The molecule has 0 unspecified atom stereocenters. The molecule has 2 aromatic carbocycles. The minimum absolute atomic E-state index is 0.294. The van der Waals surface area contributed by atoms with Gasteiger partial charge in [-0.2, -0.15) is 0 Å². The molecule has 5 heteroatoms. The van der Waals surface area contributed by atoms with Crippen LogP contribution in [0.2, 0.25) is 0 Å². The Morgan fingerprint density at radius 2 is 1.88 bits per heavy atom. The van der Waals surface area contributed by atoms with Gasteiger partial charge in [0.2, 0.25) is 0 Å². The molecule has 0 radical (unpaired) electrons. The highest BCUT2D eigenvalue weighted by Gasteiger charge is 2.14. The van der Waals surface area contributed by atoms with Crippen molar-refractivity contribution in [2.24, 2.45) is 0 Å². The van der Waals surface area contributed by atoms with Gasteiger partial charge < -0.3 is 14.8 Å². The van der Waals surface area contributed by atoms with Crippen LogP contribution in [0.4, 0.5) is 5.69 Å². The molecule has 5 nitrogen and oxygen atoms in total. The minimum Gasteiger partial charge on any atom is -0.489 e. The summed E-state index contributed by atoms with van der Waals surface area (Å²) in [5.74, 6) is -0.275. The monoisotopic (exact) mass is 325 g/mol. The van der Waals surface area contributed by atoms with Gasteiger partial charge in [-0.05, 0) is 42.8 Å². The number of rotatable bonds is 6. The molecule has 1 amide bonds. The second kappa shape index (κ2) is 7.97. The van der Waals surface area contributed by atoms with Crippen molar-refractivity contribution in [3.63, 3.8) is 0 Å². The summed E-state index contributed by atoms with van der Waals surface area (Å²) < 4.78 is 10.3. The SMILES string of the molecule is C=C(C)COc1cccc(C(=O)Nc2ccccc2C(=O)OC)c1. The van der Waals surface area contributed by atoms with Gasteiger partial charge >= 0.3 is 5.97 Å². The van der Waals surface area contributed by atoms with E-state index in [4.69, 9.17) is 9.47 Å². The second-order valence-electron chi connectivity index (χ2n) is 5.26. The molecule has 124 valence electrons. The predicted molar refractivity (Wildman–Crippen MR) is 92.5 cm³/mol. The normalized spacial score (nSPS) is 9.92. The van der Waals surface area contributed by atoms with Crippen molar-refractivity contribution in [2.75, 3.05) is 19.0 Å². The lowest BCUT2D eigenvalue weighted by Gasteiger charge is -2.11. The molecule has 24 heavy (non-hydrogen) atoms. The third-order valence-corrected chi connectivity index (χ3v) is 3.16. The first-order valence-corrected chi connectivity index (χ1v) is 7.37. The summed E-state index contributed by atoms with van der Waals surface area (Å²) in [6, 6.07) is 13.5. The molecule has 0 saturated heterocycles. The summed E-state index contributed by atoms with van der Waals surface area (Å²) in [7, 11) is 1.29. The summed E-state index contributed by atoms with van der Waals surface area (Å²) >= 11 is 0. The van der Waals surface area contributed by atoms with Crippen molar-refractivity contribution < 1.29 is 19.1 Å². The number of carbonyl (C=O) groups is 2. The number of methoxy groups -OCH3 is 1. The van der Waals surface area contributed by atoms with Crippen LogP contribution >= 0.6 is 0 Å². The molecular weight excluding hydrogens is 306 g/mol. The van der Waals surface area contributed by atoms with E-state index in [-0.39, 0.29) is 5.91 Å². The number of anilines is 1. The largest absolute Gasteiger partial charge is 0.489 e. The van der Waals surface area contributed by atoms with Crippen LogP contribution in [-0.4, -0.2) is 25.6 Å². The molecule has 0 saturated carbocycles. The van der Waals surface area contributed by atoms with Crippen molar-refractivity contribution in [3.8, 4) is 5.75 Å². The smallest absolute Gasteiger partial charge is 0.339 e. The Kier molecular flexibility index (Phi) is 5.73. The molecule has 0 aliphatic carbocycles. The van der Waals surface area contributed by atoms with Gasteiger partial charge in [0.1, 0.15) is 12.4 Å². The van der Waals surface area contributed by atoms with Gasteiger partial charge in [0, 0.05) is 5.56 Å². The van der Waals surface area contributed by atoms with Crippen molar-refractivity contribution in [3.05, 3.63) is 71.8 Å². The molecular formula is C19H19NO4. The average molecular weight is 325 g/mol. The second-order valence-corrected chi connectivity index (χ2v) is 5.26. The molecule has 0 fully saturated rings. The lowest BCUT2D eigenvalue weighted by Crippen LogP contribution is -2.15. The topological polar surface area (TPSA) is 64.6 Å². The van der Waals surface area contributed by atoms with E-state index in [2.05, 4.69) is 11.9 Å². The fourth-order valence-electron chi connectivity index (χ4n) is 2.01. The Balaban J connectivity index is 2.17. The third-order valence-electron chi connectivity index (χ3n) is 3.16. The molecule has 2 aromatic rings. The molecule has 0 aliphatic heterocycles. The van der Waals surface area contributed by atoms with E-state index in [1.165, 1.54) is 7.11 Å². The standard InChI is InChI=1S/C19H19NO4/c1-13(2)12-24-15-8-6-7-14(11-15)18(21)20-17-10-5-4-9-16(17)19(22)23-3/h4-11H,1,12H2,2-3H3,(H,20,21). The Morgan fingerprint density at radius 3 is 2.58 bits per heavy atom. The first-order valence-electron chi connectivity index (χ1n) is 7.37. The molecule has 1 N–H and O–H groups in total. The molecule has 0 bridgehead atoms. The van der Waals surface area contributed by atoms with E-state index in [1.54, 1.807) is 48.5 Å². The van der Waals surface area contributed by atoms with E-state index < -0.39 is 5.97 Å². The maximum absolute atomic E-state index is 12.4. The van der Waals surface area contributed by atoms with Crippen LogP contribution < -0.4 is 10.1 Å².